The van der Waals surface area contributed by atoms with Crippen LogP contribution in [0.2, 0.25) is 0 Å². The molecule has 0 aliphatic heterocycles. The van der Waals surface area contributed by atoms with Gasteiger partial charge in [-0.2, -0.15) is 13.2 Å². The number of aromatic nitrogens is 1. The largest absolute Gasteiger partial charge is 0.394 e. The molecule has 0 saturated carbocycles. The van der Waals surface area contributed by atoms with Gasteiger partial charge in [0.1, 0.15) is 0 Å². The zero-order valence-electron chi connectivity index (χ0n) is 8.27. The van der Waals surface area contributed by atoms with E-state index in [-0.39, 0.29) is 6.42 Å². The van der Waals surface area contributed by atoms with Crippen LogP contribution in [0.4, 0.5) is 13.2 Å². The van der Waals surface area contributed by atoms with Gasteiger partial charge in [0.25, 0.3) is 0 Å². The molecule has 0 atom stereocenters. The van der Waals surface area contributed by atoms with Crippen LogP contribution >= 0.6 is 11.3 Å². The molecular formula is C9H12F3NS. The predicted octanol–water partition coefficient (Wildman–Crippen LogP) is 3.58. The average molecular weight is 223 g/mol. The number of thiazole rings is 1. The Kier molecular flexibility index (Phi) is 2.90. The predicted molar refractivity (Wildman–Crippen MR) is 50.4 cm³/mol. The maximum Gasteiger partial charge on any atom is 0.394 e. The molecule has 0 spiro atoms. The maximum absolute atomic E-state index is 12.5. The highest BCUT2D eigenvalue weighted by Gasteiger charge is 2.47. The van der Waals surface area contributed by atoms with E-state index < -0.39 is 11.6 Å². The molecule has 80 valence electrons. The van der Waals surface area contributed by atoms with Crippen molar-refractivity contribution in [3.8, 4) is 0 Å². The number of hydrogen-bond acceptors (Lipinski definition) is 2. The Morgan fingerprint density at radius 2 is 1.93 bits per heavy atom. The molecule has 1 heterocycles. The van der Waals surface area contributed by atoms with E-state index in [1.807, 2.05) is 0 Å². The molecule has 0 N–H and O–H groups in total. The van der Waals surface area contributed by atoms with Crippen molar-refractivity contribution in [3.63, 3.8) is 0 Å². The SMILES string of the molecule is Cc1csc(CC(C)(C)C(F)(F)F)n1. The number of hydrogen-bond donors (Lipinski definition) is 0. The van der Waals surface area contributed by atoms with Crippen molar-refractivity contribution in [1.82, 2.24) is 4.98 Å². The Morgan fingerprint density at radius 1 is 1.36 bits per heavy atom. The van der Waals surface area contributed by atoms with Crippen molar-refractivity contribution in [2.45, 2.75) is 33.4 Å². The van der Waals surface area contributed by atoms with Gasteiger partial charge in [0, 0.05) is 17.5 Å². The zero-order valence-corrected chi connectivity index (χ0v) is 9.09. The first kappa shape index (κ1) is 11.5. The third-order valence-electron chi connectivity index (χ3n) is 2.03. The van der Waals surface area contributed by atoms with Gasteiger partial charge in [-0.25, -0.2) is 4.98 Å². The fourth-order valence-electron chi connectivity index (χ4n) is 0.962. The fraction of sp³-hybridized carbons (Fsp3) is 0.667. The monoisotopic (exact) mass is 223 g/mol. The number of nitrogens with zero attached hydrogens (tertiary/aromatic N) is 1. The summed E-state index contributed by atoms with van der Waals surface area (Å²) in [7, 11) is 0. The molecular weight excluding hydrogens is 211 g/mol. The van der Waals surface area contributed by atoms with Gasteiger partial charge in [0.15, 0.2) is 0 Å². The lowest BCUT2D eigenvalue weighted by molar-refractivity contribution is -0.211. The van der Waals surface area contributed by atoms with E-state index in [1.54, 1.807) is 12.3 Å². The average Bonchev–Trinajstić information content (AvgIpc) is 2.31. The second-order valence-corrected chi connectivity index (χ2v) is 4.88. The molecule has 0 saturated heterocycles. The quantitative estimate of drug-likeness (QED) is 0.746. The topological polar surface area (TPSA) is 12.9 Å². The Balaban J connectivity index is 2.78. The van der Waals surface area contributed by atoms with Gasteiger partial charge in [-0.1, -0.05) is 13.8 Å². The minimum Gasteiger partial charge on any atom is -0.247 e. The van der Waals surface area contributed by atoms with E-state index in [2.05, 4.69) is 4.98 Å². The van der Waals surface area contributed by atoms with Gasteiger partial charge in [0.2, 0.25) is 0 Å². The first-order valence-corrected chi connectivity index (χ1v) is 5.08. The second-order valence-electron chi connectivity index (χ2n) is 3.94. The van der Waals surface area contributed by atoms with Crippen LogP contribution in [0.25, 0.3) is 0 Å². The lowest BCUT2D eigenvalue weighted by Crippen LogP contribution is -2.34. The summed E-state index contributed by atoms with van der Waals surface area (Å²) in [5, 5.41) is 2.31. The second kappa shape index (κ2) is 3.53. The van der Waals surface area contributed by atoms with Crippen LogP contribution in [0.1, 0.15) is 24.5 Å². The first-order chi connectivity index (χ1) is 6.22. The summed E-state index contributed by atoms with van der Waals surface area (Å²) in [6.07, 6.45) is -4.22. The molecule has 1 nitrogen and oxygen atoms in total. The molecule has 14 heavy (non-hydrogen) atoms. The van der Waals surface area contributed by atoms with E-state index >= 15 is 0 Å². The first-order valence-electron chi connectivity index (χ1n) is 4.20. The minimum absolute atomic E-state index is 0.0466. The number of alkyl halides is 3. The van der Waals surface area contributed by atoms with Crippen LogP contribution in [0, 0.1) is 12.3 Å². The minimum atomic E-state index is -4.17. The van der Waals surface area contributed by atoms with E-state index in [1.165, 1.54) is 25.2 Å². The molecule has 1 rings (SSSR count). The van der Waals surface area contributed by atoms with Crippen molar-refractivity contribution in [2.24, 2.45) is 5.41 Å². The summed E-state index contributed by atoms with van der Waals surface area (Å²) in [6, 6.07) is 0. The summed E-state index contributed by atoms with van der Waals surface area (Å²) in [5.41, 5.74) is -0.917. The van der Waals surface area contributed by atoms with E-state index in [9.17, 15) is 13.2 Å². The van der Waals surface area contributed by atoms with Gasteiger partial charge in [0.05, 0.1) is 10.4 Å². The molecule has 0 fully saturated rings. The molecule has 0 aliphatic rings. The van der Waals surface area contributed by atoms with Gasteiger partial charge in [-0.05, 0) is 6.92 Å². The van der Waals surface area contributed by atoms with Crippen LogP contribution in [-0.4, -0.2) is 11.2 Å². The van der Waals surface area contributed by atoms with Crippen LogP contribution in [0.3, 0.4) is 0 Å². The van der Waals surface area contributed by atoms with Gasteiger partial charge >= 0.3 is 6.18 Å². The highest BCUT2D eigenvalue weighted by atomic mass is 32.1. The van der Waals surface area contributed by atoms with Crippen LogP contribution in [0.5, 0.6) is 0 Å². The summed E-state index contributed by atoms with van der Waals surface area (Å²) in [5.74, 6) is 0. The molecule has 0 radical (unpaired) electrons. The number of aryl methyl sites for hydroxylation is 1. The van der Waals surface area contributed by atoms with Crippen LogP contribution in [-0.2, 0) is 6.42 Å². The summed E-state index contributed by atoms with van der Waals surface area (Å²) in [6.45, 7) is 4.17. The third-order valence-corrected chi connectivity index (χ3v) is 2.99. The van der Waals surface area contributed by atoms with Gasteiger partial charge in [-0.15, -0.1) is 11.3 Å². The molecule has 1 aromatic rings. The maximum atomic E-state index is 12.5. The van der Waals surface area contributed by atoms with E-state index in [4.69, 9.17) is 0 Å². The zero-order chi connectivity index (χ0) is 11.0. The third kappa shape index (κ3) is 2.47. The van der Waals surface area contributed by atoms with Crippen molar-refractivity contribution in [3.05, 3.63) is 16.1 Å². The Labute approximate surface area is 85.0 Å². The van der Waals surface area contributed by atoms with Gasteiger partial charge < -0.3 is 0 Å². The molecule has 1 aromatic heterocycles. The fourth-order valence-corrected chi connectivity index (χ4v) is 1.96. The highest BCUT2D eigenvalue weighted by molar-refractivity contribution is 7.09. The van der Waals surface area contributed by atoms with Crippen LogP contribution < -0.4 is 0 Å². The Bertz CT molecular complexity index is 314. The Morgan fingerprint density at radius 3 is 2.29 bits per heavy atom. The van der Waals surface area contributed by atoms with Crippen molar-refractivity contribution >= 4 is 11.3 Å². The normalized spacial score (nSPS) is 13.3. The number of halogens is 3. The molecule has 0 amide bonds. The molecule has 0 aliphatic carbocycles. The van der Waals surface area contributed by atoms with E-state index in [0.717, 1.165) is 5.69 Å². The van der Waals surface area contributed by atoms with Crippen molar-refractivity contribution in [2.75, 3.05) is 0 Å². The molecule has 0 bridgehead atoms. The van der Waals surface area contributed by atoms with Crippen molar-refractivity contribution in [1.29, 1.82) is 0 Å². The molecule has 0 aromatic carbocycles. The summed E-state index contributed by atoms with van der Waals surface area (Å²) in [4.78, 5) is 4.03. The van der Waals surface area contributed by atoms with E-state index in [0.29, 0.717) is 5.01 Å². The number of rotatable bonds is 2. The summed E-state index contributed by atoms with van der Waals surface area (Å²) >= 11 is 1.28. The Hall–Kier alpha value is -0.580. The standard InChI is InChI=1S/C9H12F3NS/c1-6-5-14-7(13-6)4-8(2,3)9(10,11)12/h5H,4H2,1-3H3. The molecule has 0 unspecified atom stereocenters. The molecule has 5 heteroatoms. The lowest BCUT2D eigenvalue weighted by Gasteiger charge is -2.26. The van der Waals surface area contributed by atoms with Crippen molar-refractivity contribution < 1.29 is 13.2 Å². The van der Waals surface area contributed by atoms with Crippen LogP contribution in [0.15, 0.2) is 5.38 Å². The smallest absolute Gasteiger partial charge is 0.247 e. The highest BCUT2D eigenvalue weighted by Crippen LogP contribution is 2.40. The lowest BCUT2D eigenvalue weighted by atomic mass is 9.89. The van der Waals surface area contributed by atoms with Gasteiger partial charge in [-0.3, -0.25) is 0 Å². The summed E-state index contributed by atoms with van der Waals surface area (Å²) < 4.78 is 37.5.